The van der Waals surface area contributed by atoms with Crippen molar-refractivity contribution in [2.45, 2.75) is 96.9 Å². The van der Waals surface area contributed by atoms with Gasteiger partial charge < -0.3 is 27.0 Å². The maximum Gasteiger partial charge on any atom is 0.228 e. The number of nitrogens with zero attached hydrogens (tertiary/aromatic N) is 1. The number of anilines is 1. The van der Waals surface area contributed by atoms with Gasteiger partial charge in [-0.25, -0.2) is 4.39 Å². The minimum Gasteiger partial charge on any atom is -1.00 e. The molecule has 4 nitrogen and oxygen atoms in total. The highest BCUT2D eigenvalue weighted by atomic mass is 79.9. The zero-order chi connectivity index (χ0) is 26.8. The number of amides is 1. The van der Waals surface area contributed by atoms with Gasteiger partial charge in [-0.05, 0) is 18.6 Å². The first-order valence-electron chi connectivity index (χ1n) is 14.4. The molecule has 7 heteroatoms. The zero-order valence-corrected chi connectivity index (χ0v) is 25.7. The number of hydrogen-bond donors (Lipinski definition) is 1. The number of rotatable bonds is 19. The van der Waals surface area contributed by atoms with Crippen molar-refractivity contribution < 1.29 is 35.5 Å². The second-order valence-electron chi connectivity index (χ2n) is 10.0. The lowest BCUT2D eigenvalue weighted by Crippen LogP contribution is -3.00. The summed E-state index contributed by atoms with van der Waals surface area (Å²) >= 11 is 1.63. The summed E-state index contributed by atoms with van der Waals surface area (Å²) in [5, 5.41) is 5.03. The standard InChI is InChI=1S/C32H43FN2O2S.BrH/c1-2-3-4-5-6-7-8-9-10-11-12-15-22-37-32-27(18-16-19-29(32)33)24-31(36)34-30-20-14-13-17-28(30)25-35-21-23-38-26-35;/h13-14,16-21,23,26H,2-12,15,22,24-25H2,1H3;1H. The predicted octanol–water partition coefficient (Wildman–Crippen LogP) is 5.49. The molecular formula is C32H44BrFN2O2S. The van der Waals surface area contributed by atoms with Gasteiger partial charge in [0, 0.05) is 11.1 Å². The van der Waals surface area contributed by atoms with E-state index in [0.717, 1.165) is 24.1 Å². The van der Waals surface area contributed by atoms with Crippen molar-refractivity contribution in [3.63, 3.8) is 0 Å². The van der Waals surface area contributed by atoms with Gasteiger partial charge in [0.1, 0.15) is 0 Å². The van der Waals surface area contributed by atoms with Crippen LogP contribution in [0.3, 0.4) is 0 Å². The molecule has 1 aromatic heterocycles. The number of halogens is 2. The van der Waals surface area contributed by atoms with E-state index in [4.69, 9.17) is 4.74 Å². The predicted molar refractivity (Wildman–Crippen MR) is 155 cm³/mol. The van der Waals surface area contributed by atoms with Gasteiger partial charge in [0.15, 0.2) is 24.3 Å². The Morgan fingerprint density at radius 1 is 0.872 bits per heavy atom. The molecule has 0 bridgehead atoms. The van der Waals surface area contributed by atoms with E-state index >= 15 is 0 Å². The van der Waals surface area contributed by atoms with E-state index < -0.39 is 5.82 Å². The number of carbonyl (C=O) groups is 1. The van der Waals surface area contributed by atoms with Gasteiger partial charge in [0.25, 0.3) is 0 Å². The van der Waals surface area contributed by atoms with Crippen LogP contribution in [0.2, 0.25) is 0 Å². The third-order valence-electron chi connectivity index (χ3n) is 6.82. The molecule has 2 aromatic carbocycles. The lowest BCUT2D eigenvalue weighted by atomic mass is 10.1. The van der Waals surface area contributed by atoms with Crippen LogP contribution in [-0.2, 0) is 17.8 Å². The summed E-state index contributed by atoms with van der Waals surface area (Å²) in [6, 6.07) is 12.6. The van der Waals surface area contributed by atoms with Crippen LogP contribution in [0, 0.1) is 5.82 Å². The molecule has 39 heavy (non-hydrogen) atoms. The van der Waals surface area contributed by atoms with Crippen LogP contribution in [0.15, 0.2) is 59.6 Å². The van der Waals surface area contributed by atoms with Crippen molar-refractivity contribution in [2.75, 3.05) is 11.9 Å². The van der Waals surface area contributed by atoms with Crippen LogP contribution in [0.4, 0.5) is 10.1 Å². The van der Waals surface area contributed by atoms with Crippen LogP contribution in [0.25, 0.3) is 0 Å². The van der Waals surface area contributed by atoms with E-state index in [0.29, 0.717) is 18.7 Å². The van der Waals surface area contributed by atoms with Crippen molar-refractivity contribution in [1.82, 2.24) is 0 Å². The normalized spacial score (nSPS) is 10.7. The smallest absolute Gasteiger partial charge is 0.228 e. The Balaban J connectivity index is 0.00000533. The SMILES string of the molecule is CCCCCCCCCCCCCCOc1c(F)cccc1CC(=O)Nc1ccccc1C[n+]1ccsc1.[Br-]. The molecule has 0 aliphatic rings. The van der Waals surface area contributed by atoms with Gasteiger partial charge in [0.2, 0.25) is 11.4 Å². The van der Waals surface area contributed by atoms with E-state index in [9.17, 15) is 9.18 Å². The third-order valence-corrected chi connectivity index (χ3v) is 7.49. The number of unbranched alkanes of at least 4 members (excludes halogenated alkanes) is 11. The lowest BCUT2D eigenvalue weighted by Gasteiger charge is -2.13. The van der Waals surface area contributed by atoms with E-state index in [1.54, 1.807) is 23.5 Å². The average molecular weight is 620 g/mol. The molecule has 3 rings (SSSR count). The van der Waals surface area contributed by atoms with Crippen LogP contribution < -0.4 is 31.6 Å². The average Bonchev–Trinajstić information content (AvgIpc) is 3.42. The molecule has 0 saturated carbocycles. The summed E-state index contributed by atoms with van der Waals surface area (Å²) in [6.45, 7) is 3.40. The number of nitrogens with one attached hydrogen (secondary N) is 1. The Bertz CT molecular complexity index is 1080. The van der Waals surface area contributed by atoms with Crippen LogP contribution in [0.5, 0.6) is 5.75 Å². The molecule has 0 spiro atoms. The van der Waals surface area contributed by atoms with Gasteiger partial charge in [-0.3, -0.25) is 4.79 Å². The molecule has 0 aliphatic heterocycles. The fourth-order valence-corrected chi connectivity index (χ4v) is 5.27. The van der Waals surface area contributed by atoms with Crippen molar-refractivity contribution in [1.29, 1.82) is 0 Å². The summed E-state index contributed by atoms with van der Waals surface area (Å²) < 4.78 is 22.5. The molecule has 0 saturated heterocycles. The first-order valence-corrected chi connectivity index (χ1v) is 15.3. The second-order valence-corrected chi connectivity index (χ2v) is 10.8. The summed E-state index contributed by atoms with van der Waals surface area (Å²) in [5.41, 5.74) is 4.40. The fourth-order valence-electron chi connectivity index (χ4n) is 4.67. The Labute approximate surface area is 248 Å². The minimum atomic E-state index is -0.413. The molecule has 1 amide bonds. The van der Waals surface area contributed by atoms with Crippen LogP contribution >= 0.6 is 11.3 Å². The molecule has 0 atom stereocenters. The fraction of sp³-hybridized carbons (Fsp3) is 0.500. The van der Waals surface area contributed by atoms with Crippen molar-refractivity contribution in [3.8, 4) is 5.75 Å². The highest BCUT2D eigenvalue weighted by Crippen LogP contribution is 2.25. The maximum atomic E-state index is 14.6. The van der Waals surface area contributed by atoms with E-state index in [1.807, 2.05) is 41.4 Å². The Kier molecular flexibility index (Phi) is 16.7. The highest BCUT2D eigenvalue weighted by molar-refractivity contribution is 7.07. The first-order chi connectivity index (χ1) is 18.7. The molecule has 1 N–H and O–H groups in total. The minimum absolute atomic E-state index is 0. The largest absolute Gasteiger partial charge is 1.00 e. The molecule has 0 radical (unpaired) electrons. The van der Waals surface area contributed by atoms with Crippen molar-refractivity contribution in [2.24, 2.45) is 0 Å². The Morgan fingerprint density at radius 2 is 1.51 bits per heavy atom. The van der Waals surface area contributed by atoms with Gasteiger partial charge in [0.05, 0.1) is 24.1 Å². The second kappa shape index (κ2) is 19.8. The number of hydrogen-bond acceptors (Lipinski definition) is 3. The molecule has 0 aliphatic carbocycles. The number of thiazole rings is 1. The number of ether oxygens (including phenoxy) is 1. The molecule has 0 fully saturated rings. The number of para-hydroxylation sites is 2. The van der Waals surface area contributed by atoms with Crippen LogP contribution in [0.1, 0.15) is 95.1 Å². The molecule has 3 aromatic rings. The van der Waals surface area contributed by atoms with E-state index in [2.05, 4.69) is 16.8 Å². The molecule has 1 heterocycles. The number of aromatic nitrogens is 1. The quantitative estimate of drug-likeness (QED) is 0.143. The van der Waals surface area contributed by atoms with Gasteiger partial charge in [-0.1, -0.05) is 119 Å². The molecular weight excluding hydrogens is 575 g/mol. The van der Waals surface area contributed by atoms with Gasteiger partial charge in [-0.2, -0.15) is 4.57 Å². The van der Waals surface area contributed by atoms with Gasteiger partial charge >= 0.3 is 0 Å². The molecule has 0 unspecified atom stereocenters. The Hall–Kier alpha value is -2.25. The Morgan fingerprint density at radius 3 is 2.18 bits per heavy atom. The summed E-state index contributed by atoms with van der Waals surface area (Å²) in [7, 11) is 0. The van der Waals surface area contributed by atoms with E-state index in [1.165, 1.54) is 70.3 Å². The maximum absolute atomic E-state index is 14.6. The summed E-state index contributed by atoms with van der Waals surface area (Å²) in [4.78, 5) is 12.9. The number of benzene rings is 2. The topological polar surface area (TPSA) is 42.2 Å². The monoisotopic (exact) mass is 618 g/mol. The van der Waals surface area contributed by atoms with E-state index in [-0.39, 0.29) is 35.1 Å². The third kappa shape index (κ3) is 12.6. The lowest BCUT2D eigenvalue weighted by molar-refractivity contribution is -0.683. The summed E-state index contributed by atoms with van der Waals surface area (Å²) in [5.74, 6) is -0.398. The zero-order valence-electron chi connectivity index (χ0n) is 23.3. The number of carbonyl (C=O) groups excluding carboxylic acids is 1. The summed E-state index contributed by atoms with van der Waals surface area (Å²) in [6.07, 6.45) is 17.3. The molecule has 214 valence electrons. The highest BCUT2D eigenvalue weighted by Gasteiger charge is 2.15. The van der Waals surface area contributed by atoms with Crippen LogP contribution in [-0.4, -0.2) is 12.5 Å². The van der Waals surface area contributed by atoms with Gasteiger partial charge in [-0.15, -0.1) is 0 Å². The van der Waals surface area contributed by atoms with Crippen molar-refractivity contribution in [3.05, 3.63) is 76.5 Å². The van der Waals surface area contributed by atoms with Crippen molar-refractivity contribution >= 4 is 22.9 Å². The first kappa shape index (κ1) is 33.0.